The molecule has 0 aromatic heterocycles. The second kappa shape index (κ2) is 8.31. The predicted octanol–water partition coefficient (Wildman–Crippen LogP) is 2.68. The molecule has 142 valence electrons. The number of ether oxygens (including phenoxy) is 1. The highest BCUT2D eigenvalue weighted by Crippen LogP contribution is 2.26. The van der Waals surface area contributed by atoms with Gasteiger partial charge in [0.15, 0.2) is 23.3 Å². The number of Topliss-reactive ketones (excluding diaryl/α,β-unsaturated/α-hetero) is 1. The molecule has 0 amide bonds. The van der Waals surface area contributed by atoms with E-state index in [4.69, 9.17) is 4.74 Å². The summed E-state index contributed by atoms with van der Waals surface area (Å²) in [5.41, 5.74) is -1.87. The number of benzene rings is 1. The largest absolute Gasteiger partial charge is 0.462 e. The summed E-state index contributed by atoms with van der Waals surface area (Å²) in [6.07, 6.45) is 3.27. The normalized spacial score (nSPS) is 14.8. The molecule has 1 aliphatic rings. The van der Waals surface area contributed by atoms with Gasteiger partial charge in [-0.05, 0) is 32.3 Å². The van der Waals surface area contributed by atoms with Crippen LogP contribution in [0.4, 0.5) is 17.6 Å². The minimum Gasteiger partial charge on any atom is -0.462 e. The van der Waals surface area contributed by atoms with E-state index in [0.29, 0.717) is 12.8 Å². The van der Waals surface area contributed by atoms with E-state index in [9.17, 15) is 32.3 Å². The molecule has 0 atom stereocenters. The highest BCUT2D eigenvalue weighted by molar-refractivity contribution is 6.24. The van der Waals surface area contributed by atoms with Crippen molar-refractivity contribution in [3.05, 3.63) is 46.7 Å². The molecule has 1 saturated carbocycles. The van der Waals surface area contributed by atoms with Gasteiger partial charge < -0.3 is 14.7 Å². The Kier molecular flexibility index (Phi) is 6.36. The van der Waals surface area contributed by atoms with Crippen LogP contribution in [0.3, 0.4) is 0 Å². The van der Waals surface area contributed by atoms with E-state index in [1.165, 1.54) is 11.8 Å². The third kappa shape index (κ3) is 3.87. The van der Waals surface area contributed by atoms with E-state index < -0.39 is 52.9 Å². The third-order valence-electron chi connectivity index (χ3n) is 4.09. The van der Waals surface area contributed by atoms with E-state index in [2.05, 4.69) is 0 Å². The van der Waals surface area contributed by atoms with Crippen LogP contribution in [0, 0.1) is 23.3 Å². The van der Waals surface area contributed by atoms with Gasteiger partial charge in [-0.3, -0.25) is 4.79 Å². The quantitative estimate of drug-likeness (QED) is 0.0914. The summed E-state index contributed by atoms with van der Waals surface area (Å²) in [5.74, 6) is -10.4. The van der Waals surface area contributed by atoms with Crippen LogP contribution in [0.15, 0.2) is 17.8 Å². The van der Waals surface area contributed by atoms with Crippen molar-refractivity contribution in [2.45, 2.75) is 32.2 Å². The van der Waals surface area contributed by atoms with Crippen LogP contribution in [0.2, 0.25) is 0 Å². The molecule has 0 spiro atoms. The molecule has 0 unspecified atom stereocenters. The van der Waals surface area contributed by atoms with Gasteiger partial charge in [-0.1, -0.05) is 0 Å². The zero-order valence-electron chi connectivity index (χ0n) is 13.9. The molecule has 2 rings (SSSR count). The Balaban J connectivity index is 2.48. The van der Waals surface area contributed by atoms with Gasteiger partial charge in [0.05, 0.1) is 12.2 Å². The molecule has 5 nitrogen and oxygen atoms in total. The van der Waals surface area contributed by atoms with Gasteiger partial charge in [0.25, 0.3) is 0 Å². The molecule has 0 heterocycles. The zero-order chi connectivity index (χ0) is 19.4. The second-order valence-electron chi connectivity index (χ2n) is 5.68. The minimum atomic E-state index is -2.16. The molecule has 0 bridgehead atoms. The van der Waals surface area contributed by atoms with Crippen LogP contribution in [0.25, 0.3) is 0 Å². The van der Waals surface area contributed by atoms with E-state index >= 15 is 0 Å². The van der Waals surface area contributed by atoms with Crippen LogP contribution in [0.1, 0.15) is 36.5 Å². The number of carbonyl (C=O) groups excluding carboxylic acids is 2. The topological polar surface area (TPSA) is 66.8 Å². The van der Waals surface area contributed by atoms with Crippen molar-refractivity contribution < 1.29 is 37.0 Å². The van der Waals surface area contributed by atoms with Gasteiger partial charge in [-0.15, -0.1) is 0 Å². The Morgan fingerprint density at radius 2 is 1.88 bits per heavy atom. The smallest absolute Gasteiger partial charge is 0.343 e. The summed E-state index contributed by atoms with van der Waals surface area (Å²) in [6, 6.07) is 0.0410. The molecule has 1 fully saturated rings. The third-order valence-corrected chi connectivity index (χ3v) is 4.09. The maximum absolute atomic E-state index is 13.9. The lowest BCUT2D eigenvalue weighted by atomic mass is 9.91. The Labute approximate surface area is 146 Å². The fraction of sp³-hybridized carbons (Fsp3) is 0.412. The van der Waals surface area contributed by atoms with Crippen molar-refractivity contribution in [1.29, 1.82) is 0 Å². The van der Waals surface area contributed by atoms with Gasteiger partial charge in [0, 0.05) is 12.2 Å². The Morgan fingerprint density at radius 3 is 2.38 bits per heavy atom. The maximum Gasteiger partial charge on any atom is 0.343 e. The molecule has 1 N–H and O–H groups in total. The molecular formula is C17H17F4NO4. The number of hydrogen-bond acceptors (Lipinski definition) is 5. The molecular weight excluding hydrogens is 358 g/mol. The first-order valence-electron chi connectivity index (χ1n) is 7.95. The fourth-order valence-electron chi connectivity index (χ4n) is 2.44. The monoisotopic (exact) mass is 375 g/mol. The highest BCUT2D eigenvalue weighted by Gasteiger charge is 2.31. The Morgan fingerprint density at radius 1 is 1.23 bits per heavy atom. The number of aliphatic hydroxyl groups is 1. The number of carbonyl (C=O) groups is 2. The van der Waals surface area contributed by atoms with Crippen LogP contribution >= 0.6 is 0 Å². The maximum atomic E-state index is 13.9. The summed E-state index contributed by atoms with van der Waals surface area (Å²) in [5, 5.41) is 9.43. The molecule has 0 saturated heterocycles. The zero-order valence-corrected chi connectivity index (χ0v) is 13.9. The highest BCUT2D eigenvalue weighted by atomic mass is 19.2. The lowest BCUT2D eigenvalue weighted by Gasteiger charge is -2.35. The molecule has 9 heteroatoms. The standard InChI is InChI=1S/C17H17F4NO4/c1-2-26-17(25)11(7-22(8-23)9-4-3-5-9)16(24)10-6-12(18)14(20)15(21)13(10)19/h6-7,9,23H,2-5,8H2,1H3/b11-7+. The van der Waals surface area contributed by atoms with Crippen molar-refractivity contribution in [2.75, 3.05) is 13.3 Å². The minimum absolute atomic E-state index is 0.110. The van der Waals surface area contributed by atoms with Crippen LogP contribution in [-0.2, 0) is 9.53 Å². The van der Waals surface area contributed by atoms with Crippen LogP contribution in [-0.4, -0.2) is 41.1 Å². The van der Waals surface area contributed by atoms with Crippen LogP contribution in [0.5, 0.6) is 0 Å². The van der Waals surface area contributed by atoms with Gasteiger partial charge >= 0.3 is 5.97 Å². The number of hydrogen-bond donors (Lipinski definition) is 1. The average molecular weight is 375 g/mol. The number of halogens is 4. The summed E-state index contributed by atoms with van der Waals surface area (Å²) in [6.45, 7) is 0.823. The molecule has 1 aromatic rings. The van der Waals surface area contributed by atoms with Crippen molar-refractivity contribution in [3.63, 3.8) is 0 Å². The second-order valence-corrected chi connectivity index (χ2v) is 5.68. The van der Waals surface area contributed by atoms with Gasteiger partial charge in [0.1, 0.15) is 12.3 Å². The molecule has 26 heavy (non-hydrogen) atoms. The van der Waals surface area contributed by atoms with Crippen LogP contribution < -0.4 is 0 Å². The molecule has 0 radical (unpaired) electrons. The number of nitrogens with zero attached hydrogens (tertiary/aromatic N) is 1. The van der Waals surface area contributed by atoms with E-state index in [0.717, 1.165) is 12.6 Å². The summed E-state index contributed by atoms with van der Waals surface area (Å²) in [4.78, 5) is 25.9. The van der Waals surface area contributed by atoms with Crippen molar-refractivity contribution >= 4 is 11.8 Å². The SMILES string of the molecule is CCOC(=O)/C(=C/N(CO)C1CCC1)C(=O)c1cc(F)c(F)c(F)c1F. The van der Waals surface area contributed by atoms with E-state index in [1.807, 2.05) is 0 Å². The number of esters is 1. The Hall–Kier alpha value is -2.42. The van der Waals surface area contributed by atoms with E-state index in [-0.39, 0.29) is 18.7 Å². The Bertz CT molecular complexity index is 747. The van der Waals surface area contributed by atoms with Gasteiger partial charge in [-0.25, -0.2) is 22.4 Å². The average Bonchev–Trinajstić information content (AvgIpc) is 2.57. The number of rotatable bonds is 7. The molecule has 0 aliphatic heterocycles. The lowest BCUT2D eigenvalue weighted by molar-refractivity contribution is -0.138. The molecule has 1 aliphatic carbocycles. The van der Waals surface area contributed by atoms with Gasteiger partial charge in [0.2, 0.25) is 5.78 Å². The molecule has 1 aromatic carbocycles. The number of ketones is 1. The summed E-state index contributed by atoms with van der Waals surface area (Å²) < 4.78 is 58.5. The van der Waals surface area contributed by atoms with Crippen molar-refractivity contribution in [2.24, 2.45) is 0 Å². The lowest BCUT2D eigenvalue weighted by Crippen LogP contribution is -2.38. The first-order chi connectivity index (χ1) is 12.3. The van der Waals surface area contributed by atoms with Crippen molar-refractivity contribution in [1.82, 2.24) is 4.90 Å². The van der Waals surface area contributed by atoms with Gasteiger partial charge in [-0.2, -0.15) is 0 Å². The van der Waals surface area contributed by atoms with E-state index in [1.54, 1.807) is 0 Å². The first kappa shape index (κ1) is 19.9. The first-order valence-corrected chi connectivity index (χ1v) is 7.95. The predicted molar refractivity (Wildman–Crippen MR) is 81.9 cm³/mol. The number of aliphatic hydroxyl groups excluding tert-OH is 1. The van der Waals surface area contributed by atoms with Crippen molar-refractivity contribution in [3.8, 4) is 0 Å². The summed E-state index contributed by atoms with van der Waals surface area (Å²) >= 11 is 0. The fourth-order valence-corrected chi connectivity index (χ4v) is 2.44. The summed E-state index contributed by atoms with van der Waals surface area (Å²) in [7, 11) is 0.